The van der Waals surface area contributed by atoms with Crippen LogP contribution in [0, 0.1) is 11.3 Å². The molecule has 0 aliphatic carbocycles. The van der Waals surface area contributed by atoms with Crippen LogP contribution in [0.25, 0.3) is 0 Å². The summed E-state index contributed by atoms with van der Waals surface area (Å²) < 4.78 is 10.5. The highest BCUT2D eigenvalue weighted by molar-refractivity contribution is 6.31. The molecule has 0 amide bonds. The minimum Gasteiger partial charge on any atom is -0.492 e. The molecule has 0 aromatic heterocycles. The summed E-state index contributed by atoms with van der Waals surface area (Å²) in [4.78, 5) is 11.5. The van der Waals surface area contributed by atoms with Gasteiger partial charge in [-0.25, -0.2) is 0 Å². The van der Waals surface area contributed by atoms with Crippen molar-refractivity contribution in [1.29, 1.82) is 5.26 Å². The molecule has 0 N–H and O–H groups in total. The number of rotatable bonds is 4. The van der Waals surface area contributed by atoms with Crippen molar-refractivity contribution >= 4 is 17.6 Å². The summed E-state index contributed by atoms with van der Waals surface area (Å²) in [5, 5.41) is 9.29. The molecule has 0 atom stereocenters. The zero-order valence-electron chi connectivity index (χ0n) is 11.2. The van der Waals surface area contributed by atoms with Crippen LogP contribution in [0.3, 0.4) is 0 Å². The molecule has 0 radical (unpaired) electrons. The van der Waals surface area contributed by atoms with E-state index in [0.717, 1.165) is 0 Å². The summed E-state index contributed by atoms with van der Waals surface area (Å²) >= 11 is 5.86. The lowest BCUT2D eigenvalue weighted by molar-refractivity contribution is -0.155. The van der Waals surface area contributed by atoms with E-state index in [1.165, 1.54) is 0 Å². The van der Waals surface area contributed by atoms with E-state index in [2.05, 4.69) is 0 Å². The van der Waals surface area contributed by atoms with Gasteiger partial charge < -0.3 is 9.47 Å². The van der Waals surface area contributed by atoms with E-state index in [9.17, 15) is 4.79 Å². The molecule has 0 spiro atoms. The molecule has 0 aliphatic heterocycles. The van der Waals surface area contributed by atoms with E-state index in [0.29, 0.717) is 10.8 Å². The van der Waals surface area contributed by atoms with Crippen LogP contribution in [0.4, 0.5) is 0 Å². The van der Waals surface area contributed by atoms with Gasteiger partial charge in [0.15, 0.2) is 0 Å². The largest absolute Gasteiger partial charge is 0.492 e. The van der Waals surface area contributed by atoms with Gasteiger partial charge in [0.25, 0.3) is 0 Å². The molecule has 0 unspecified atom stereocenters. The maximum absolute atomic E-state index is 11.5. The van der Waals surface area contributed by atoms with E-state index in [1.807, 2.05) is 6.07 Å². The monoisotopic (exact) mass is 281 g/mol. The topological polar surface area (TPSA) is 59.3 Å². The molecule has 0 saturated heterocycles. The van der Waals surface area contributed by atoms with Crippen LogP contribution in [-0.4, -0.2) is 18.2 Å². The number of ether oxygens (including phenoxy) is 2. The molecular formula is C14H16ClNO3. The van der Waals surface area contributed by atoms with Crippen molar-refractivity contribution < 1.29 is 14.3 Å². The van der Waals surface area contributed by atoms with Crippen LogP contribution in [0.1, 0.15) is 32.8 Å². The second kappa shape index (κ2) is 6.44. The Balaban J connectivity index is 2.53. The Kier molecular flexibility index (Phi) is 5.20. The molecule has 1 rings (SSSR count). The molecule has 0 heterocycles. The summed E-state index contributed by atoms with van der Waals surface area (Å²) in [6, 6.07) is 6.90. The fourth-order valence-corrected chi connectivity index (χ4v) is 1.58. The summed E-state index contributed by atoms with van der Waals surface area (Å²) in [5.74, 6) is 0.0339. The summed E-state index contributed by atoms with van der Waals surface area (Å²) in [6.45, 7) is 5.55. The second-order valence-corrected chi connectivity index (χ2v) is 5.32. The number of nitriles is 1. The van der Waals surface area contributed by atoms with E-state index in [-0.39, 0.29) is 24.6 Å². The highest BCUT2D eigenvalue weighted by Crippen LogP contribution is 2.25. The number of nitrogens with zero attached hydrogens (tertiary/aromatic N) is 1. The van der Waals surface area contributed by atoms with Gasteiger partial charge in [0, 0.05) is 0 Å². The number of carbonyl (C=O) groups excluding carboxylic acids is 1. The third-order valence-electron chi connectivity index (χ3n) is 2.07. The quantitative estimate of drug-likeness (QED) is 0.794. The van der Waals surface area contributed by atoms with E-state index in [4.69, 9.17) is 26.3 Å². The average molecular weight is 282 g/mol. The predicted molar refractivity (Wildman–Crippen MR) is 72.1 cm³/mol. The molecule has 5 heteroatoms. The first-order chi connectivity index (χ1) is 8.83. The first-order valence-corrected chi connectivity index (χ1v) is 6.24. The zero-order chi connectivity index (χ0) is 14.5. The van der Waals surface area contributed by atoms with Crippen LogP contribution in [-0.2, 0) is 9.53 Å². The Bertz CT molecular complexity index is 500. The van der Waals surface area contributed by atoms with Gasteiger partial charge >= 0.3 is 5.97 Å². The van der Waals surface area contributed by atoms with Crippen LogP contribution in [0.2, 0.25) is 5.02 Å². The van der Waals surface area contributed by atoms with Crippen molar-refractivity contribution in [3.63, 3.8) is 0 Å². The standard InChI is InChI=1S/C14H16ClNO3/c1-14(2,3)19-13(17)7-8-18-12-6-4-5-11(15)10(12)9-16/h4-6H,7-8H2,1-3H3. The number of esters is 1. The summed E-state index contributed by atoms with van der Waals surface area (Å²) in [5.41, 5.74) is -0.237. The van der Waals surface area contributed by atoms with Crippen LogP contribution < -0.4 is 4.74 Å². The maximum atomic E-state index is 11.5. The number of benzene rings is 1. The van der Waals surface area contributed by atoms with Crippen LogP contribution in [0.15, 0.2) is 18.2 Å². The SMILES string of the molecule is CC(C)(C)OC(=O)CCOc1cccc(Cl)c1C#N. The smallest absolute Gasteiger partial charge is 0.309 e. The Hall–Kier alpha value is -1.73. The normalized spacial score (nSPS) is 10.7. The highest BCUT2D eigenvalue weighted by Gasteiger charge is 2.16. The molecule has 1 aromatic rings. The first kappa shape index (κ1) is 15.3. The van der Waals surface area contributed by atoms with Crippen molar-refractivity contribution in [2.75, 3.05) is 6.61 Å². The summed E-state index contributed by atoms with van der Waals surface area (Å²) in [7, 11) is 0. The molecular weight excluding hydrogens is 266 g/mol. The third-order valence-corrected chi connectivity index (χ3v) is 2.39. The van der Waals surface area contributed by atoms with E-state index in [1.54, 1.807) is 39.0 Å². The van der Waals surface area contributed by atoms with Crippen molar-refractivity contribution in [2.45, 2.75) is 32.8 Å². The van der Waals surface area contributed by atoms with Gasteiger partial charge in [-0.05, 0) is 32.9 Å². The predicted octanol–water partition coefficient (Wildman–Crippen LogP) is 3.32. The number of hydrogen-bond acceptors (Lipinski definition) is 4. The van der Waals surface area contributed by atoms with Crippen molar-refractivity contribution in [2.24, 2.45) is 0 Å². The van der Waals surface area contributed by atoms with Crippen molar-refractivity contribution in [3.8, 4) is 11.8 Å². The first-order valence-electron chi connectivity index (χ1n) is 5.87. The van der Waals surface area contributed by atoms with Gasteiger partial charge in [-0.2, -0.15) is 5.26 Å². The number of hydrogen-bond donors (Lipinski definition) is 0. The van der Waals surface area contributed by atoms with E-state index >= 15 is 0 Å². The molecule has 0 fully saturated rings. The summed E-state index contributed by atoms with van der Waals surface area (Å²) in [6.07, 6.45) is 0.120. The van der Waals surface area contributed by atoms with Gasteiger partial charge in [-0.15, -0.1) is 0 Å². The molecule has 0 saturated carbocycles. The fourth-order valence-electron chi connectivity index (χ4n) is 1.37. The Morgan fingerprint density at radius 2 is 2.11 bits per heavy atom. The zero-order valence-corrected chi connectivity index (χ0v) is 12.0. The van der Waals surface area contributed by atoms with Crippen molar-refractivity contribution in [1.82, 2.24) is 0 Å². The van der Waals surface area contributed by atoms with Gasteiger partial charge in [0.2, 0.25) is 0 Å². The van der Waals surface area contributed by atoms with Crippen molar-refractivity contribution in [3.05, 3.63) is 28.8 Å². The van der Waals surface area contributed by atoms with Gasteiger partial charge in [0.1, 0.15) is 23.0 Å². The molecule has 102 valence electrons. The van der Waals surface area contributed by atoms with Gasteiger partial charge in [-0.3, -0.25) is 4.79 Å². The van der Waals surface area contributed by atoms with Gasteiger partial charge in [0.05, 0.1) is 18.1 Å². The Morgan fingerprint density at radius 3 is 2.68 bits per heavy atom. The second-order valence-electron chi connectivity index (χ2n) is 4.91. The lowest BCUT2D eigenvalue weighted by Crippen LogP contribution is -2.24. The fraction of sp³-hybridized carbons (Fsp3) is 0.429. The highest BCUT2D eigenvalue weighted by atomic mass is 35.5. The lowest BCUT2D eigenvalue weighted by Gasteiger charge is -2.19. The Morgan fingerprint density at radius 1 is 1.42 bits per heavy atom. The Labute approximate surface area is 117 Å². The number of halogens is 1. The minimum absolute atomic E-state index is 0.120. The van der Waals surface area contributed by atoms with Gasteiger partial charge in [-0.1, -0.05) is 17.7 Å². The molecule has 1 aromatic carbocycles. The van der Waals surface area contributed by atoms with E-state index < -0.39 is 5.60 Å². The minimum atomic E-state index is -0.509. The average Bonchev–Trinajstić information content (AvgIpc) is 2.26. The third kappa shape index (κ3) is 5.19. The lowest BCUT2D eigenvalue weighted by atomic mass is 10.2. The molecule has 4 nitrogen and oxygen atoms in total. The molecule has 0 bridgehead atoms. The van der Waals surface area contributed by atoms with Crippen LogP contribution in [0.5, 0.6) is 5.75 Å². The molecule has 19 heavy (non-hydrogen) atoms. The number of carbonyl (C=O) groups is 1. The maximum Gasteiger partial charge on any atom is 0.309 e. The molecule has 0 aliphatic rings. The van der Waals surface area contributed by atoms with Crippen LogP contribution >= 0.6 is 11.6 Å².